The Morgan fingerprint density at radius 1 is 1.27 bits per heavy atom. The Labute approximate surface area is 135 Å². The van der Waals surface area contributed by atoms with E-state index in [1.165, 1.54) is 11.1 Å². The molecule has 4 nitrogen and oxygen atoms in total. The van der Waals surface area contributed by atoms with E-state index < -0.39 is 0 Å². The lowest BCUT2D eigenvalue weighted by Crippen LogP contribution is -2.52. The summed E-state index contributed by atoms with van der Waals surface area (Å²) in [5.74, 6) is 1.64. The third kappa shape index (κ3) is 1.98. The van der Waals surface area contributed by atoms with E-state index in [1.54, 1.807) is 0 Å². The minimum absolute atomic E-state index is 0.145. The quantitative estimate of drug-likeness (QED) is 0.909. The smallest absolute Gasteiger partial charge is 0.231 e. The molecule has 0 radical (unpaired) electrons. The summed E-state index contributed by atoms with van der Waals surface area (Å²) in [5.41, 5.74) is 2.20. The first-order valence-corrected chi connectivity index (χ1v) is 8.28. The van der Waals surface area contributed by atoms with Crippen molar-refractivity contribution in [3.63, 3.8) is 0 Å². The molecule has 1 spiro atoms. The third-order valence-electron chi connectivity index (χ3n) is 5.07. The predicted molar refractivity (Wildman–Crippen MR) is 84.4 cm³/mol. The van der Waals surface area contributed by atoms with Crippen molar-refractivity contribution < 1.29 is 14.6 Å². The van der Waals surface area contributed by atoms with Crippen LogP contribution in [0.1, 0.15) is 30.4 Å². The van der Waals surface area contributed by atoms with E-state index >= 15 is 0 Å². The first kappa shape index (κ1) is 14.4. The first-order valence-electron chi connectivity index (χ1n) is 7.91. The molecule has 1 atom stereocenters. The molecule has 4 rings (SSSR count). The van der Waals surface area contributed by atoms with Crippen molar-refractivity contribution in [2.45, 2.75) is 31.2 Å². The van der Waals surface area contributed by atoms with E-state index in [0.29, 0.717) is 6.54 Å². The van der Waals surface area contributed by atoms with Crippen LogP contribution in [0.5, 0.6) is 11.5 Å². The van der Waals surface area contributed by atoms with Crippen LogP contribution in [0.2, 0.25) is 0 Å². The zero-order valence-corrected chi connectivity index (χ0v) is 13.2. The lowest BCUT2D eigenvalue weighted by Gasteiger charge is -2.49. The molecule has 118 valence electrons. The fourth-order valence-electron chi connectivity index (χ4n) is 4.06. The molecule has 0 saturated heterocycles. The predicted octanol–water partition coefficient (Wildman–Crippen LogP) is 2.77. The summed E-state index contributed by atoms with van der Waals surface area (Å²) in [6.45, 7) is 1.97. The molecule has 0 bridgehead atoms. The monoisotopic (exact) mass is 321 g/mol. The van der Waals surface area contributed by atoms with Gasteiger partial charge < -0.3 is 14.6 Å². The number of hydrogen-bond donors (Lipinski definition) is 1. The van der Waals surface area contributed by atoms with Gasteiger partial charge in [-0.2, -0.15) is 0 Å². The van der Waals surface area contributed by atoms with E-state index in [9.17, 15) is 5.11 Å². The Kier molecular flexibility index (Phi) is 3.56. The summed E-state index contributed by atoms with van der Waals surface area (Å²) >= 11 is 6.73. The number of allylic oxidation sites excluding steroid dienone is 1. The number of halogens is 1. The van der Waals surface area contributed by atoms with Crippen LogP contribution in [0.3, 0.4) is 0 Å². The summed E-state index contributed by atoms with van der Waals surface area (Å²) < 4.78 is 11.1. The highest BCUT2D eigenvalue weighted by molar-refractivity contribution is 6.31. The normalized spacial score (nSPS) is 26.9. The lowest BCUT2D eigenvalue weighted by molar-refractivity contribution is 0.0745. The van der Waals surface area contributed by atoms with Crippen LogP contribution in [0.15, 0.2) is 23.2 Å². The van der Waals surface area contributed by atoms with E-state index in [0.717, 1.165) is 48.8 Å². The number of hydrogen-bond acceptors (Lipinski definition) is 4. The van der Waals surface area contributed by atoms with Crippen LogP contribution in [0.25, 0.3) is 0 Å². The second-order valence-corrected chi connectivity index (χ2v) is 6.54. The number of ether oxygens (including phenoxy) is 2. The van der Waals surface area contributed by atoms with E-state index in [2.05, 4.69) is 23.1 Å². The van der Waals surface area contributed by atoms with Crippen LogP contribution in [-0.4, -0.2) is 36.5 Å². The Bertz CT molecular complexity index is 631. The van der Waals surface area contributed by atoms with Crippen molar-refractivity contribution in [2.24, 2.45) is 0 Å². The number of fused-ring (bicyclic) bond motifs is 3. The van der Waals surface area contributed by atoms with Gasteiger partial charge in [-0.15, -0.1) is 0 Å². The standard InChI is InChI=1S/C17H20ClNO3/c18-16-3-1-2-5-17(16)13-10-15-14(21-11-22-15)9-12(13)4-6-19(17)7-8-20/h3,9-10,20H,1-2,4-8,11H2. The molecule has 2 heterocycles. The Morgan fingerprint density at radius 2 is 2.09 bits per heavy atom. The number of aliphatic hydroxyl groups is 1. The highest BCUT2D eigenvalue weighted by Gasteiger charge is 2.46. The molecular weight excluding hydrogens is 302 g/mol. The van der Waals surface area contributed by atoms with Crippen molar-refractivity contribution in [2.75, 3.05) is 26.5 Å². The van der Waals surface area contributed by atoms with Gasteiger partial charge in [0.15, 0.2) is 11.5 Å². The summed E-state index contributed by atoms with van der Waals surface area (Å²) in [5, 5.41) is 10.4. The van der Waals surface area contributed by atoms with Gasteiger partial charge in [0, 0.05) is 18.1 Å². The van der Waals surface area contributed by atoms with Gasteiger partial charge in [-0.05, 0) is 48.9 Å². The lowest BCUT2D eigenvalue weighted by atomic mass is 9.74. The van der Waals surface area contributed by atoms with E-state index in [4.69, 9.17) is 21.1 Å². The molecule has 1 N–H and O–H groups in total. The Morgan fingerprint density at radius 3 is 2.86 bits per heavy atom. The van der Waals surface area contributed by atoms with E-state index in [-0.39, 0.29) is 18.9 Å². The molecule has 1 aromatic rings. The number of aliphatic hydroxyl groups excluding tert-OH is 1. The molecule has 0 fully saturated rings. The maximum Gasteiger partial charge on any atom is 0.231 e. The van der Waals surface area contributed by atoms with Gasteiger partial charge in [0.05, 0.1) is 12.1 Å². The molecule has 2 aliphatic heterocycles. The van der Waals surface area contributed by atoms with Gasteiger partial charge in [-0.25, -0.2) is 0 Å². The third-order valence-corrected chi connectivity index (χ3v) is 5.53. The van der Waals surface area contributed by atoms with Crippen LogP contribution in [-0.2, 0) is 12.0 Å². The Balaban J connectivity index is 1.89. The van der Waals surface area contributed by atoms with Crippen molar-refractivity contribution >= 4 is 11.6 Å². The number of rotatable bonds is 2. The van der Waals surface area contributed by atoms with Gasteiger partial charge >= 0.3 is 0 Å². The topological polar surface area (TPSA) is 41.9 Å². The van der Waals surface area contributed by atoms with Crippen LogP contribution >= 0.6 is 11.6 Å². The van der Waals surface area contributed by atoms with Gasteiger partial charge in [-0.1, -0.05) is 17.7 Å². The zero-order valence-electron chi connectivity index (χ0n) is 12.5. The van der Waals surface area contributed by atoms with Crippen molar-refractivity contribution in [3.05, 3.63) is 34.4 Å². The summed E-state index contributed by atoms with van der Waals surface area (Å²) in [4.78, 5) is 2.33. The van der Waals surface area contributed by atoms with Crippen LogP contribution < -0.4 is 9.47 Å². The number of β-amino-alcohol motifs (C(OH)–C–C–N with tert-alkyl or cyclic N) is 1. The molecule has 3 aliphatic rings. The van der Waals surface area contributed by atoms with Gasteiger partial charge in [0.2, 0.25) is 6.79 Å². The molecule has 22 heavy (non-hydrogen) atoms. The molecule has 0 amide bonds. The average Bonchev–Trinajstić information content (AvgIpc) is 2.98. The van der Waals surface area contributed by atoms with E-state index in [1.807, 2.05) is 0 Å². The average molecular weight is 322 g/mol. The molecular formula is C17H20ClNO3. The molecule has 1 unspecified atom stereocenters. The zero-order chi connectivity index (χ0) is 15.2. The summed E-state index contributed by atoms with van der Waals surface area (Å²) in [6, 6.07) is 4.21. The molecule has 1 aromatic carbocycles. The fourth-order valence-corrected chi connectivity index (χ4v) is 4.49. The maximum absolute atomic E-state index is 9.47. The van der Waals surface area contributed by atoms with Crippen molar-refractivity contribution in [1.29, 1.82) is 0 Å². The summed E-state index contributed by atoms with van der Waals surface area (Å²) in [6.07, 6.45) is 6.18. The van der Waals surface area contributed by atoms with Gasteiger partial charge in [0.25, 0.3) is 0 Å². The Hall–Kier alpha value is -1.23. The fraction of sp³-hybridized carbons (Fsp3) is 0.529. The molecule has 1 aliphatic carbocycles. The molecule has 0 aromatic heterocycles. The first-order chi connectivity index (χ1) is 10.8. The van der Waals surface area contributed by atoms with Crippen molar-refractivity contribution in [1.82, 2.24) is 4.90 Å². The minimum Gasteiger partial charge on any atom is -0.454 e. The van der Waals surface area contributed by atoms with Gasteiger partial charge in [0.1, 0.15) is 0 Å². The second kappa shape index (κ2) is 5.44. The highest BCUT2D eigenvalue weighted by atomic mass is 35.5. The van der Waals surface area contributed by atoms with Gasteiger partial charge in [-0.3, -0.25) is 4.90 Å². The molecule has 0 saturated carbocycles. The van der Waals surface area contributed by atoms with Crippen molar-refractivity contribution in [3.8, 4) is 11.5 Å². The number of nitrogens with zero attached hydrogens (tertiary/aromatic N) is 1. The van der Waals surface area contributed by atoms with Crippen LogP contribution in [0, 0.1) is 0 Å². The second-order valence-electron chi connectivity index (χ2n) is 6.13. The highest BCUT2D eigenvalue weighted by Crippen LogP contribution is 2.51. The summed E-state index contributed by atoms with van der Waals surface area (Å²) in [7, 11) is 0. The van der Waals surface area contributed by atoms with Crippen LogP contribution in [0.4, 0.5) is 0 Å². The molecule has 5 heteroatoms. The number of benzene rings is 1. The minimum atomic E-state index is -0.308. The largest absolute Gasteiger partial charge is 0.454 e. The maximum atomic E-state index is 9.47. The SMILES string of the molecule is OCCN1CCc2cc3c(cc2C12CCCC=C2Cl)OCO3.